The van der Waals surface area contributed by atoms with E-state index in [-0.39, 0.29) is 11.3 Å². The molecule has 2 aromatic heterocycles. The van der Waals surface area contributed by atoms with E-state index >= 15 is 0 Å². The predicted molar refractivity (Wildman–Crippen MR) is 83.5 cm³/mol. The minimum Gasteiger partial charge on any atom is -0.472 e. The summed E-state index contributed by atoms with van der Waals surface area (Å²) in [4.78, 5) is 16.3. The van der Waals surface area contributed by atoms with Crippen LogP contribution in [0.1, 0.15) is 32.1 Å². The third-order valence-electron chi connectivity index (χ3n) is 4.34. The van der Waals surface area contributed by atoms with E-state index < -0.39 is 0 Å². The number of carbonyl (C=O) groups is 1. The number of hydrogen-bond donors (Lipinski definition) is 2. The van der Waals surface area contributed by atoms with E-state index in [1.54, 1.807) is 18.6 Å². The van der Waals surface area contributed by atoms with Crippen molar-refractivity contribution >= 4 is 5.91 Å². The molecule has 0 spiro atoms. The lowest BCUT2D eigenvalue weighted by Crippen LogP contribution is -2.42. The topological polar surface area (TPSA) is 93.2 Å². The molecule has 23 heavy (non-hydrogen) atoms. The van der Waals surface area contributed by atoms with Crippen LogP contribution < -0.4 is 10.6 Å². The van der Waals surface area contributed by atoms with Crippen LogP contribution in [0.3, 0.4) is 0 Å². The van der Waals surface area contributed by atoms with Crippen LogP contribution in [0.2, 0.25) is 0 Å². The first-order valence-corrected chi connectivity index (χ1v) is 7.97. The van der Waals surface area contributed by atoms with E-state index in [4.69, 9.17) is 8.94 Å². The summed E-state index contributed by atoms with van der Waals surface area (Å²) in [7, 11) is 0. The molecule has 1 fully saturated rings. The number of hydrogen-bond acceptors (Lipinski definition) is 6. The molecule has 0 atom stereocenters. The summed E-state index contributed by atoms with van der Waals surface area (Å²) >= 11 is 0. The largest absolute Gasteiger partial charge is 0.472 e. The van der Waals surface area contributed by atoms with E-state index in [1.807, 2.05) is 0 Å². The van der Waals surface area contributed by atoms with Crippen molar-refractivity contribution in [3.63, 3.8) is 0 Å². The highest BCUT2D eigenvalue weighted by atomic mass is 16.5. The average Bonchev–Trinajstić information content (AvgIpc) is 3.23. The Morgan fingerprint density at radius 3 is 3.00 bits per heavy atom. The lowest BCUT2D eigenvalue weighted by Gasteiger charge is -2.34. The van der Waals surface area contributed by atoms with Crippen LogP contribution in [-0.4, -0.2) is 35.7 Å². The minimum absolute atomic E-state index is 0.0211. The normalized spacial score (nSPS) is 17.1. The Morgan fingerprint density at radius 2 is 2.26 bits per heavy atom. The van der Waals surface area contributed by atoms with E-state index in [0.717, 1.165) is 38.0 Å². The molecule has 3 rings (SSSR count). The molecule has 0 aromatic carbocycles. The number of carbonyl (C=O) groups excluding carboxylic acids is 1. The van der Waals surface area contributed by atoms with Crippen LogP contribution in [0.25, 0.3) is 11.4 Å². The fourth-order valence-corrected chi connectivity index (χ4v) is 2.69. The van der Waals surface area contributed by atoms with Gasteiger partial charge in [0.15, 0.2) is 0 Å². The molecule has 0 radical (unpaired) electrons. The molecule has 0 saturated carbocycles. The molecule has 3 heterocycles. The van der Waals surface area contributed by atoms with Crippen molar-refractivity contribution in [3.8, 4) is 11.4 Å². The highest BCUT2D eigenvalue weighted by molar-refractivity contribution is 5.76. The number of piperidine rings is 1. The van der Waals surface area contributed by atoms with Gasteiger partial charge in [0.25, 0.3) is 0 Å². The second-order valence-corrected chi connectivity index (χ2v) is 6.36. The van der Waals surface area contributed by atoms with Gasteiger partial charge in [0.1, 0.15) is 6.26 Å². The fraction of sp³-hybridized carbons (Fsp3) is 0.562. The molecule has 124 valence electrons. The van der Waals surface area contributed by atoms with Crippen molar-refractivity contribution in [1.82, 2.24) is 20.8 Å². The van der Waals surface area contributed by atoms with Crippen LogP contribution in [0, 0.1) is 5.41 Å². The predicted octanol–water partition coefficient (Wildman–Crippen LogP) is 1.77. The molecular formula is C16H22N4O3. The summed E-state index contributed by atoms with van der Waals surface area (Å²) in [6.45, 7) is 4.98. The fourth-order valence-electron chi connectivity index (χ4n) is 2.69. The van der Waals surface area contributed by atoms with Crippen molar-refractivity contribution in [3.05, 3.63) is 24.5 Å². The van der Waals surface area contributed by atoms with Gasteiger partial charge in [-0.1, -0.05) is 12.1 Å². The Morgan fingerprint density at radius 1 is 1.43 bits per heavy atom. The smallest absolute Gasteiger partial charge is 0.227 e. The zero-order valence-corrected chi connectivity index (χ0v) is 13.3. The van der Waals surface area contributed by atoms with Crippen LogP contribution in [0.5, 0.6) is 0 Å². The van der Waals surface area contributed by atoms with Gasteiger partial charge in [0.05, 0.1) is 11.8 Å². The molecule has 2 N–H and O–H groups in total. The Kier molecular flexibility index (Phi) is 4.76. The number of aryl methyl sites for hydroxylation is 1. The third kappa shape index (κ3) is 4.19. The quantitative estimate of drug-likeness (QED) is 0.843. The standard InChI is InChI=1S/C16H22N4O3/c1-16(5-7-17-8-6-16)11-18-13(21)2-3-14-19-15(20-23-14)12-4-9-22-10-12/h4,9-10,17H,2-3,5-8,11H2,1H3,(H,18,21). The molecular weight excluding hydrogens is 296 g/mol. The van der Waals surface area contributed by atoms with Crippen LogP contribution in [0.15, 0.2) is 27.5 Å². The highest BCUT2D eigenvalue weighted by Crippen LogP contribution is 2.26. The van der Waals surface area contributed by atoms with Crippen LogP contribution in [-0.2, 0) is 11.2 Å². The van der Waals surface area contributed by atoms with Gasteiger partial charge < -0.3 is 19.6 Å². The molecule has 1 amide bonds. The highest BCUT2D eigenvalue weighted by Gasteiger charge is 2.26. The second kappa shape index (κ2) is 6.95. The van der Waals surface area contributed by atoms with Crippen LogP contribution in [0.4, 0.5) is 0 Å². The summed E-state index contributed by atoms with van der Waals surface area (Å²) in [6, 6.07) is 1.76. The van der Waals surface area contributed by atoms with Crippen LogP contribution >= 0.6 is 0 Å². The summed E-state index contributed by atoms with van der Waals surface area (Å²) in [6.07, 6.45) is 6.08. The summed E-state index contributed by atoms with van der Waals surface area (Å²) < 4.78 is 10.1. The monoisotopic (exact) mass is 318 g/mol. The summed E-state index contributed by atoms with van der Waals surface area (Å²) in [5.74, 6) is 0.966. The van der Waals surface area contributed by atoms with E-state index in [0.29, 0.717) is 24.6 Å². The third-order valence-corrected chi connectivity index (χ3v) is 4.34. The Labute approximate surface area is 134 Å². The summed E-state index contributed by atoms with van der Waals surface area (Å²) in [5, 5.41) is 10.2. The maximum atomic E-state index is 12.0. The maximum absolute atomic E-state index is 12.0. The van der Waals surface area contributed by atoms with Gasteiger partial charge in [0, 0.05) is 19.4 Å². The van der Waals surface area contributed by atoms with Crippen molar-refractivity contribution < 1.29 is 13.7 Å². The maximum Gasteiger partial charge on any atom is 0.227 e. The van der Waals surface area contributed by atoms with Gasteiger partial charge in [-0.25, -0.2) is 0 Å². The zero-order valence-electron chi connectivity index (χ0n) is 13.3. The molecule has 1 aliphatic heterocycles. The molecule has 0 bridgehead atoms. The Balaban J connectivity index is 1.44. The molecule has 7 heteroatoms. The van der Waals surface area contributed by atoms with E-state index in [9.17, 15) is 4.79 Å². The van der Waals surface area contributed by atoms with Gasteiger partial charge in [0.2, 0.25) is 17.6 Å². The first kappa shape index (κ1) is 15.7. The first-order valence-electron chi connectivity index (χ1n) is 7.97. The second-order valence-electron chi connectivity index (χ2n) is 6.36. The van der Waals surface area contributed by atoms with E-state index in [1.165, 1.54) is 0 Å². The number of aromatic nitrogens is 2. The average molecular weight is 318 g/mol. The molecule has 2 aromatic rings. The number of nitrogens with zero attached hydrogens (tertiary/aromatic N) is 2. The number of amides is 1. The number of rotatable bonds is 6. The lowest BCUT2D eigenvalue weighted by molar-refractivity contribution is -0.121. The number of nitrogens with one attached hydrogen (secondary N) is 2. The summed E-state index contributed by atoms with van der Waals surface area (Å²) in [5.41, 5.74) is 0.961. The Hall–Kier alpha value is -2.15. The zero-order chi connectivity index (χ0) is 16.1. The molecule has 0 unspecified atom stereocenters. The molecule has 0 aliphatic carbocycles. The Bertz CT molecular complexity index is 630. The number of furan rings is 1. The molecule has 1 saturated heterocycles. The van der Waals surface area contributed by atoms with Gasteiger partial charge >= 0.3 is 0 Å². The lowest BCUT2D eigenvalue weighted by atomic mass is 9.81. The van der Waals surface area contributed by atoms with Crippen molar-refractivity contribution in [1.29, 1.82) is 0 Å². The van der Waals surface area contributed by atoms with Crippen molar-refractivity contribution in [2.24, 2.45) is 5.41 Å². The van der Waals surface area contributed by atoms with Gasteiger partial charge in [-0.15, -0.1) is 0 Å². The minimum atomic E-state index is 0.0211. The van der Waals surface area contributed by atoms with E-state index in [2.05, 4.69) is 27.7 Å². The van der Waals surface area contributed by atoms with Crippen molar-refractivity contribution in [2.75, 3.05) is 19.6 Å². The van der Waals surface area contributed by atoms with Gasteiger partial charge in [-0.2, -0.15) is 4.98 Å². The molecule has 7 nitrogen and oxygen atoms in total. The van der Waals surface area contributed by atoms with Crippen molar-refractivity contribution in [2.45, 2.75) is 32.6 Å². The van der Waals surface area contributed by atoms with Gasteiger partial charge in [-0.05, 0) is 37.4 Å². The van der Waals surface area contributed by atoms with Gasteiger partial charge in [-0.3, -0.25) is 4.79 Å². The molecule has 1 aliphatic rings. The first-order chi connectivity index (χ1) is 11.1. The SMILES string of the molecule is CC1(CNC(=O)CCc2nc(-c3ccoc3)no2)CCNCC1.